The highest BCUT2D eigenvalue weighted by Gasteiger charge is 2.26. The monoisotopic (exact) mass is 340 g/mol. The van der Waals surface area contributed by atoms with Gasteiger partial charge in [-0.1, -0.05) is 0 Å². The number of rotatable bonds is 7. The molecule has 1 aromatic carbocycles. The van der Waals surface area contributed by atoms with Gasteiger partial charge in [-0.05, 0) is 18.2 Å². The number of carboxylic acid groups (broad SMARTS) is 3. The average molecular weight is 340 g/mol. The molecule has 2 saturated heterocycles. The molecule has 2 aliphatic rings. The largest absolute Gasteiger partial charge is 0.478 e. The van der Waals surface area contributed by atoms with Crippen molar-refractivity contribution < 1.29 is 43.9 Å². The molecular formula is C15H16O9. The van der Waals surface area contributed by atoms with Gasteiger partial charge in [0.15, 0.2) is 0 Å². The summed E-state index contributed by atoms with van der Waals surface area (Å²) in [6.07, 6.45) is 0.785. The van der Waals surface area contributed by atoms with Gasteiger partial charge in [-0.3, -0.25) is 0 Å². The molecule has 130 valence electrons. The second-order valence-corrected chi connectivity index (χ2v) is 5.12. The van der Waals surface area contributed by atoms with Crippen molar-refractivity contribution >= 4 is 17.9 Å². The van der Waals surface area contributed by atoms with E-state index in [4.69, 9.17) is 29.5 Å². The van der Waals surface area contributed by atoms with E-state index in [1.807, 2.05) is 0 Å². The second kappa shape index (κ2) is 7.86. The summed E-state index contributed by atoms with van der Waals surface area (Å²) in [5.41, 5.74) is -1.24. The van der Waals surface area contributed by atoms with Crippen molar-refractivity contribution in [2.24, 2.45) is 0 Å². The molecule has 0 aromatic heterocycles. The molecule has 2 fully saturated rings. The van der Waals surface area contributed by atoms with Crippen LogP contribution in [0.2, 0.25) is 0 Å². The topological polar surface area (TPSA) is 146 Å². The van der Waals surface area contributed by atoms with Gasteiger partial charge in [-0.2, -0.15) is 0 Å². The summed E-state index contributed by atoms with van der Waals surface area (Å²) in [5.74, 6) is -4.20. The number of aromatic carboxylic acids is 3. The predicted octanol–water partition coefficient (Wildman–Crippen LogP) is 0.582. The fourth-order valence-electron chi connectivity index (χ4n) is 1.70. The molecule has 0 bridgehead atoms. The van der Waals surface area contributed by atoms with Crippen LogP contribution in [-0.2, 0) is 14.2 Å². The SMILES string of the molecule is C(OCC1CO1)C1CO1.O=C(O)c1ccc(C(=O)O)c(C(=O)O)c1. The van der Waals surface area contributed by atoms with Crippen molar-refractivity contribution in [3.8, 4) is 0 Å². The summed E-state index contributed by atoms with van der Waals surface area (Å²) in [4.78, 5) is 31.8. The summed E-state index contributed by atoms with van der Waals surface area (Å²) in [7, 11) is 0. The molecule has 24 heavy (non-hydrogen) atoms. The van der Waals surface area contributed by atoms with Gasteiger partial charge in [0.25, 0.3) is 0 Å². The maximum Gasteiger partial charge on any atom is 0.336 e. The molecule has 9 nitrogen and oxygen atoms in total. The maximum absolute atomic E-state index is 10.6. The highest BCUT2D eigenvalue weighted by Crippen LogP contribution is 2.13. The maximum atomic E-state index is 10.6. The lowest BCUT2D eigenvalue weighted by molar-refractivity contribution is 0.0649. The molecule has 2 heterocycles. The Morgan fingerprint density at radius 3 is 1.79 bits per heavy atom. The van der Waals surface area contributed by atoms with E-state index < -0.39 is 29.0 Å². The number of carbonyl (C=O) groups is 3. The molecule has 0 spiro atoms. The van der Waals surface area contributed by atoms with E-state index in [9.17, 15) is 14.4 Å². The van der Waals surface area contributed by atoms with Gasteiger partial charge in [0.1, 0.15) is 12.2 Å². The highest BCUT2D eigenvalue weighted by molar-refractivity contribution is 6.03. The highest BCUT2D eigenvalue weighted by atomic mass is 16.6. The van der Waals surface area contributed by atoms with Crippen molar-refractivity contribution in [1.29, 1.82) is 0 Å². The van der Waals surface area contributed by atoms with Crippen molar-refractivity contribution in [3.05, 3.63) is 34.9 Å². The van der Waals surface area contributed by atoms with E-state index in [0.29, 0.717) is 12.2 Å². The minimum absolute atomic E-state index is 0.266. The molecule has 1 aromatic rings. The molecule has 2 atom stereocenters. The third-order valence-corrected chi connectivity index (χ3v) is 3.14. The van der Waals surface area contributed by atoms with Gasteiger partial charge in [0.2, 0.25) is 0 Å². The van der Waals surface area contributed by atoms with Crippen LogP contribution in [0.25, 0.3) is 0 Å². The lowest BCUT2D eigenvalue weighted by atomic mass is 10.0. The van der Waals surface area contributed by atoms with Gasteiger partial charge in [0, 0.05) is 0 Å². The molecule has 2 aliphatic heterocycles. The predicted molar refractivity (Wildman–Crippen MR) is 77.6 cm³/mol. The zero-order valence-electron chi connectivity index (χ0n) is 12.5. The lowest BCUT2D eigenvalue weighted by Gasteiger charge is -2.02. The van der Waals surface area contributed by atoms with Gasteiger partial charge in [0.05, 0.1) is 43.1 Å². The van der Waals surface area contributed by atoms with E-state index in [2.05, 4.69) is 0 Å². The van der Waals surface area contributed by atoms with Crippen LogP contribution in [0.4, 0.5) is 0 Å². The van der Waals surface area contributed by atoms with E-state index in [1.54, 1.807) is 0 Å². The quantitative estimate of drug-likeness (QED) is 0.606. The van der Waals surface area contributed by atoms with Gasteiger partial charge >= 0.3 is 17.9 Å². The third-order valence-electron chi connectivity index (χ3n) is 3.14. The third kappa shape index (κ3) is 5.61. The number of carboxylic acids is 3. The summed E-state index contributed by atoms with van der Waals surface area (Å²) in [6, 6.07) is 2.81. The van der Waals surface area contributed by atoms with Crippen LogP contribution in [0.1, 0.15) is 31.1 Å². The van der Waals surface area contributed by atoms with E-state index in [-0.39, 0.29) is 5.56 Å². The Hall–Kier alpha value is -2.49. The second-order valence-electron chi connectivity index (χ2n) is 5.12. The van der Waals surface area contributed by atoms with Crippen LogP contribution in [0.15, 0.2) is 18.2 Å². The summed E-state index contributed by atoms with van der Waals surface area (Å²) in [5, 5.41) is 25.9. The number of benzene rings is 1. The first-order chi connectivity index (χ1) is 11.4. The first kappa shape index (κ1) is 17.9. The fourth-order valence-corrected chi connectivity index (χ4v) is 1.70. The summed E-state index contributed by atoms with van der Waals surface area (Å²) >= 11 is 0. The molecule has 2 unspecified atom stereocenters. The van der Waals surface area contributed by atoms with Crippen molar-refractivity contribution in [2.75, 3.05) is 26.4 Å². The minimum Gasteiger partial charge on any atom is -0.478 e. The Morgan fingerprint density at radius 2 is 1.42 bits per heavy atom. The van der Waals surface area contributed by atoms with Crippen LogP contribution in [0.5, 0.6) is 0 Å². The molecule has 9 heteroatoms. The van der Waals surface area contributed by atoms with Gasteiger partial charge < -0.3 is 29.5 Å². The molecular weight excluding hydrogens is 324 g/mol. The van der Waals surface area contributed by atoms with Crippen LogP contribution in [-0.4, -0.2) is 71.9 Å². The molecule has 3 rings (SSSR count). The Kier molecular flexibility index (Phi) is 5.85. The molecule has 3 N–H and O–H groups in total. The van der Waals surface area contributed by atoms with Crippen LogP contribution in [0, 0.1) is 0 Å². The van der Waals surface area contributed by atoms with Crippen LogP contribution in [0.3, 0.4) is 0 Å². The molecule has 0 aliphatic carbocycles. The Morgan fingerprint density at radius 1 is 0.917 bits per heavy atom. The Bertz CT molecular complexity index is 620. The van der Waals surface area contributed by atoms with E-state index in [1.165, 1.54) is 0 Å². The summed E-state index contributed by atoms with van der Waals surface area (Å²) in [6.45, 7) is 3.26. The first-order valence-electron chi connectivity index (χ1n) is 7.03. The Balaban J connectivity index is 0.000000194. The minimum atomic E-state index is -1.48. The number of ether oxygens (including phenoxy) is 3. The van der Waals surface area contributed by atoms with Crippen LogP contribution < -0.4 is 0 Å². The first-order valence-corrected chi connectivity index (χ1v) is 7.03. The number of epoxide rings is 2. The Labute approximate surface area is 136 Å². The number of hydrogen-bond acceptors (Lipinski definition) is 6. The lowest BCUT2D eigenvalue weighted by Crippen LogP contribution is -2.10. The normalized spacial score (nSPS) is 20.5. The zero-order chi connectivity index (χ0) is 17.7. The van der Waals surface area contributed by atoms with Gasteiger partial charge in [-0.15, -0.1) is 0 Å². The van der Waals surface area contributed by atoms with Crippen LogP contribution >= 0.6 is 0 Å². The zero-order valence-corrected chi connectivity index (χ0v) is 12.5. The molecule has 0 radical (unpaired) electrons. The molecule has 0 saturated carbocycles. The number of hydrogen-bond donors (Lipinski definition) is 3. The smallest absolute Gasteiger partial charge is 0.336 e. The molecule has 0 amide bonds. The fraction of sp³-hybridized carbons (Fsp3) is 0.400. The van der Waals surface area contributed by atoms with E-state index >= 15 is 0 Å². The van der Waals surface area contributed by atoms with Crippen molar-refractivity contribution in [1.82, 2.24) is 0 Å². The van der Waals surface area contributed by atoms with Crippen molar-refractivity contribution in [2.45, 2.75) is 12.2 Å². The van der Waals surface area contributed by atoms with E-state index in [0.717, 1.165) is 44.6 Å². The summed E-state index contributed by atoms with van der Waals surface area (Å²) < 4.78 is 15.1. The standard InChI is InChI=1S/C9H6O6.C6H10O3/c10-7(11)4-1-2-5(8(12)13)6(3-4)9(14)15;1(5-3-8-5)7-2-6-4-9-6/h1-3H,(H,10,11)(H,12,13)(H,14,15);5-6H,1-4H2. The van der Waals surface area contributed by atoms with Gasteiger partial charge in [-0.25, -0.2) is 14.4 Å². The van der Waals surface area contributed by atoms with Crippen molar-refractivity contribution in [3.63, 3.8) is 0 Å². The average Bonchev–Trinajstić information content (AvgIpc) is 3.42.